The van der Waals surface area contributed by atoms with Gasteiger partial charge in [0.15, 0.2) is 0 Å². The summed E-state index contributed by atoms with van der Waals surface area (Å²) in [6.45, 7) is 3.61. The molecule has 0 aromatic carbocycles. The van der Waals surface area contributed by atoms with Crippen molar-refractivity contribution in [2.75, 3.05) is 19.6 Å². The van der Waals surface area contributed by atoms with Gasteiger partial charge in [0.1, 0.15) is 0 Å². The number of allylic oxidation sites excluding steroid dienone is 4. The van der Waals surface area contributed by atoms with Gasteiger partial charge in [-0.1, -0.05) is 12.2 Å². The van der Waals surface area contributed by atoms with Crippen LogP contribution in [0.4, 0.5) is 0 Å². The van der Waals surface area contributed by atoms with Crippen LogP contribution in [0.1, 0.15) is 6.42 Å². The van der Waals surface area contributed by atoms with E-state index in [2.05, 4.69) is 28.9 Å². The second-order valence-corrected chi connectivity index (χ2v) is 4.36. The molecule has 0 radical (unpaired) electrons. The van der Waals surface area contributed by atoms with Crippen LogP contribution in [-0.4, -0.2) is 19.6 Å². The van der Waals surface area contributed by atoms with Gasteiger partial charge in [0.25, 0.3) is 0 Å². The highest BCUT2D eigenvalue weighted by Crippen LogP contribution is 2.36. The molecule has 3 atom stereocenters. The second kappa shape index (κ2) is 2.88. The van der Waals surface area contributed by atoms with Crippen LogP contribution in [0.3, 0.4) is 0 Å². The molecule has 0 bridgehead atoms. The van der Waals surface area contributed by atoms with Gasteiger partial charge in [-0.05, 0) is 37.4 Å². The third kappa shape index (κ3) is 1.12. The molecule has 3 unspecified atom stereocenters. The molecule has 2 fully saturated rings. The molecule has 13 heavy (non-hydrogen) atoms. The van der Waals surface area contributed by atoms with E-state index < -0.39 is 0 Å². The minimum Gasteiger partial charge on any atom is -0.388 e. The van der Waals surface area contributed by atoms with Gasteiger partial charge < -0.3 is 10.6 Å². The van der Waals surface area contributed by atoms with Gasteiger partial charge in [-0.3, -0.25) is 0 Å². The lowest BCUT2D eigenvalue weighted by Gasteiger charge is -2.37. The van der Waals surface area contributed by atoms with Crippen LogP contribution in [-0.2, 0) is 0 Å². The molecule has 1 aliphatic carbocycles. The van der Waals surface area contributed by atoms with Crippen molar-refractivity contribution in [2.45, 2.75) is 6.42 Å². The van der Waals surface area contributed by atoms with E-state index >= 15 is 0 Å². The summed E-state index contributed by atoms with van der Waals surface area (Å²) >= 11 is 0. The fourth-order valence-corrected chi connectivity index (χ4v) is 2.94. The third-order valence-electron chi connectivity index (χ3n) is 3.68. The van der Waals surface area contributed by atoms with Crippen molar-refractivity contribution in [1.29, 1.82) is 0 Å². The van der Waals surface area contributed by atoms with Crippen LogP contribution in [0.2, 0.25) is 0 Å². The van der Waals surface area contributed by atoms with Crippen molar-refractivity contribution in [3.05, 3.63) is 23.9 Å². The molecular weight excluding hydrogens is 160 g/mol. The Hall–Kier alpha value is -0.760. The SMILES string of the molecule is C1=CCC2C(=C1)NCC1CNCC12. The average molecular weight is 176 g/mol. The maximum Gasteiger partial charge on any atom is 0.0187 e. The monoisotopic (exact) mass is 176 g/mol. The second-order valence-electron chi connectivity index (χ2n) is 4.36. The lowest BCUT2D eigenvalue weighted by molar-refractivity contribution is 0.258. The highest BCUT2D eigenvalue weighted by molar-refractivity contribution is 5.23. The van der Waals surface area contributed by atoms with Gasteiger partial charge in [-0.15, -0.1) is 0 Å². The molecule has 70 valence electrons. The van der Waals surface area contributed by atoms with Crippen LogP contribution in [0.25, 0.3) is 0 Å². The lowest BCUT2D eigenvalue weighted by Crippen LogP contribution is -2.41. The van der Waals surface area contributed by atoms with Crippen LogP contribution in [0, 0.1) is 17.8 Å². The normalized spacial score (nSPS) is 41.8. The Kier molecular flexibility index (Phi) is 1.69. The maximum absolute atomic E-state index is 3.56. The molecule has 2 aliphatic heterocycles. The Bertz CT molecular complexity index is 267. The standard InChI is InChI=1S/C11H16N2/c1-2-4-11-9(3-1)10-7-12-5-8(10)6-13-11/h1-2,4,8-10,12-13H,3,5-7H2. The minimum atomic E-state index is 0.777. The zero-order chi connectivity index (χ0) is 8.67. The Morgan fingerprint density at radius 3 is 3.23 bits per heavy atom. The van der Waals surface area contributed by atoms with Crippen LogP contribution < -0.4 is 10.6 Å². The number of hydrogen-bond acceptors (Lipinski definition) is 2. The zero-order valence-electron chi connectivity index (χ0n) is 7.79. The Labute approximate surface area is 79.1 Å². The molecule has 0 aromatic rings. The number of fused-ring (bicyclic) bond motifs is 3. The smallest absolute Gasteiger partial charge is 0.0187 e. The summed E-state index contributed by atoms with van der Waals surface area (Å²) in [4.78, 5) is 0. The predicted octanol–water partition coefficient (Wildman–Crippen LogP) is 0.885. The van der Waals surface area contributed by atoms with E-state index in [0.29, 0.717) is 0 Å². The summed E-state index contributed by atoms with van der Waals surface area (Å²) in [5.74, 6) is 2.53. The highest BCUT2D eigenvalue weighted by atomic mass is 15.0. The molecule has 2 heteroatoms. The predicted molar refractivity (Wildman–Crippen MR) is 53.2 cm³/mol. The topological polar surface area (TPSA) is 24.1 Å². The van der Waals surface area contributed by atoms with Crippen LogP contribution in [0.5, 0.6) is 0 Å². The Morgan fingerprint density at radius 2 is 2.23 bits per heavy atom. The van der Waals surface area contributed by atoms with E-state index in [1.54, 1.807) is 0 Å². The molecule has 3 aliphatic rings. The molecule has 0 amide bonds. The summed E-state index contributed by atoms with van der Waals surface area (Å²) in [6, 6.07) is 0. The molecule has 2 nitrogen and oxygen atoms in total. The molecule has 0 aromatic heterocycles. The van der Waals surface area contributed by atoms with Crippen molar-refractivity contribution in [3.8, 4) is 0 Å². The van der Waals surface area contributed by atoms with E-state index in [1.807, 2.05) is 0 Å². The molecule has 0 spiro atoms. The number of piperidine rings is 1. The summed E-state index contributed by atoms with van der Waals surface area (Å²) < 4.78 is 0. The molecule has 2 saturated heterocycles. The van der Waals surface area contributed by atoms with Crippen molar-refractivity contribution in [1.82, 2.24) is 10.6 Å². The first-order chi connectivity index (χ1) is 6.45. The third-order valence-corrected chi connectivity index (χ3v) is 3.68. The fraction of sp³-hybridized carbons (Fsp3) is 0.636. The van der Waals surface area contributed by atoms with Gasteiger partial charge in [0, 0.05) is 18.2 Å². The van der Waals surface area contributed by atoms with E-state index in [0.717, 1.165) is 17.8 Å². The van der Waals surface area contributed by atoms with E-state index in [1.165, 1.54) is 31.8 Å². The van der Waals surface area contributed by atoms with Gasteiger partial charge in [-0.25, -0.2) is 0 Å². The highest BCUT2D eigenvalue weighted by Gasteiger charge is 2.38. The maximum atomic E-state index is 3.56. The molecule has 2 N–H and O–H groups in total. The van der Waals surface area contributed by atoms with Crippen molar-refractivity contribution >= 4 is 0 Å². The van der Waals surface area contributed by atoms with Gasteiger partial charge >= 0.3 is 0 Å². The van der Waals surface area contributed by atoms with Crippen LogP contribution in [0.15, 0.2) is 23.9 Å². The Morgan fingerprint density at radius 1 is 1.23 bits per heavy atom. The number of hydrogen-bond donors (Lipinski definition) is 2. The van der Waals surface area contributed by atoms with E-state index in [9.17, 15) is 0 Å². The average Bonchev–Trinajstić information content (AvgIpc) is 2.65. The lowest BCUT2D eigenvalue weighted by atomic mass is 9.75. The minimum absolute atomic E-state index is 0.777. The largest absolute Gasteiger partial charge is 0.388 e. The van der Waals surface area contributed by atoms with Crippen molar-refractivity contribution < 1.29 is 0 Å². The first-order valence-electron chi connectivity index (χ1n) is 5.26. The van der Waals surface area contributed by atoms with E-state index in [4.69, 9.17) is 0 Å². The summed E-state index contributed by atoms with van der Waals surface area (Å²) in [7, 11) is 0. The fourth-order valence-electron chi connectivity index (χ4n) is 2.94. The summed E-state index contributed by atoms with van der Waals surface area (Å²) in [5, 5.41) is 7.07. The van der Waals surface area contributed by atoms with Crippen LogP contribution >= 0.6 is 0 Å². The van der Waals surface area contributed by atoms with Gasteiger partial charge in [0.2, 0.25) is 0 Å². The quantitative estimate of drug-likeness (QED) is 0.572. The van der Waals surface area contributed by atoms with Crippen molar-refractivity contribution in [2.24, 2.45) is 17.8 Å². The summed E-state index contributed by atoms with van der Waals surface area (Å²) in [5.41, 5.74) is 1.48. The zero-order valence-corrected chi connectivity index (χ0v) is 7.79. The Balaban J connectivity index is 1.88. The molecule has 2 heterocycles. The number of nitrogens with one attached hydrogen (secondary N) is 2. The van der Waals surface area contributed by atoms with E-state index in [-0.39, 0.29) is 0 Å². The first kappa shape index (κ1) is 7.63. The first-order valence-corrected chi connectivity index (χ1v) is 5.26. The molecule has 3 rings (SSSR count). The molecule has 0 saturated carbocycles. The van der Waals surface area contributed by atoms with Gasteiger partial charge in [0.05, 0.1) is 0 Å². The van der Waals surface area contributed by atoms with Gasteiger partial charge in [-0.2, -0.15) is 0 Å². The molecular formula is C11H16N2. The number of rotatable bonds is 0. The summed E-state index contributed by atoms with van der Waals surface area (Å²) in [6.07, 6.45) is 7.97. The van der Waals surface area contributed by atoms with Crippen molar-refractivity contribution in [3.63, 3.8) is 0 Å².